The number of hydrogen-bond acceptors (Lipinski definition) is 5. The van der Waals surface area contributed by atoms with E-state index in [0.29, 0.717) is 5.47 Å². The van der Waals surface area contributed by atoms with Gasteiger partial charge in [0.2, 0.25) is 0 Å². The molecule has 3 aromatic carbocycles. The average molecular weight is 532 g/mol. The molecule has 0 radical (unpaired) electrons. The van der Waals surface area contributed by atoms with Crippen molar-refractivity contribution >= 4 is 25.0 Å². The largest absolute Gasteiger partial charge is 0.492 e. The second-order valence-electron chi connectivity index (χ2n) is 10.9. The van der Waals surface area contributed by atoms with E-state index in [1.807, 2.05) is 64.1 Å². The first-order valence-corrected chi connectivity index (χ1v) is 12.9. The Bertz CT molecular complexity index is 1400. The van der Waals surface area contributed by atoms with Crippen molar-refractivity contribution in [2.24, 2.45) is 0 Å². The highest BCUT2D eigenvalue weighted by Gasteiger charge is 2.52. The first kappa shape index (κ1) is 26.9. The number of nitrogens with one attached hydrogen (secondary N) is 1. The lowest BCUT2D eigenvalue weighted by Gasteiger charge is -2.32. The number of halogens is 2. The fourth-order valence-corrected chi connectivity index (χ4v) is 4.91. The number of benzene rings is 3. The van der Waals surface area contributed by atoms with E-state index in [9.17, 15) is 13.6 Å². The predicted molar refractivity (Wildman–Crippen MR) is 148 cm³/mol. The number of nitrogen functional groups attached to an aromatic ring is 1. The minimum Gasteiger partial charge on any atom is -0.449 e. The van der Waals surface area contributed by atoms with Crippen LogP contribution in [-0.2, 0) is 14.0 Å². The van der Waals surface area contributed by atoms with Crippen LogP contribution in [0.25, 0.3) is 17.2 Å². The molecule has 5 rings (SSSR count). The Hall–Kier alpha value is -3.69. The zero-order chi connectivity index (χ0) is 27.9. The van der Waals surface area contributed by atoms with E-state index in [1.165, 1.54) is 6.08 Å². The summed E-state index contributed by atoms with van der Waals surface area (Å²) in [5.41, 5.74) is 8.67. The summed E-state index contributed by atoms with van der Waals surface area (Å²) in [7, 11) is -0.899. The Morgan fingerprint density at radius 1 is 0.974 bits per heavy atom. The molecule has 0 spiro atoms. The van der Waals surface area contributed by atoms with Gasteiger partial charge >= 0.3 is 13.2 Å². The van der Waals surface area contributed by atoms with Crippen LogP contribution in [0.5, 0.6) is 0 Å². The van der Waals surface area contributed by atoms with Crippen LogP contribution in [0, 0.1) is 11.6 Å². The van der Waals surface area contributed by atoms with Gasteiger partial charge in [0.1, 0.15) is 18.2 Å². The second kappa shape index (κ2) is 10.1. The molecule has 0 aromatic heterocycles. The first-order valence-electron chi connectivity index (χ1n) is 12.9. The summed E-state index contributed by atoms with van der Waals surface area (Å²) >= 11 is 0. The first-order chi connectivity index (χ1) is 18.5. The van der Waals surface area contributed by atoms with Gasteiger partial charge in [-0.15, -0.1) is 0 Å². The van der Waals surface area contributed by atoms with E-state index in [1.54, 1.807) is 0 Å². The maximum Gasteiger partial charge on any atom is 0.492 e. The Kier molecular flexibility index (Phi) is 6.99. The minimum atomic E-state index is -0.899. The molecule has 1 amide bonds. The van der Waals surface area contributed by atoms with Gasteiger partial charge in [-0.3, -0.25) is 0 Å². The molecule has 1 fully saturated rings. The summed E-state index contributed by atoms with van der Waals surface area (Å²) in [6, 6.07) is 18.1. The quantitative estimate of drug-likeness (QED) is 0.296. The summed E-state index contributed by atoms with van der Waals surface area (Å²) in [5, 5.41) is 2.72. The molecular formula is C30H31BF2N2O4. The summed E-state index contributed by atoms with van der Waals surface area (Å²) in [5.74, 6) is -1.54. The number of hydrogen-bond donors (Lipinski definition) is 2. The molecule has 1 saturated heterocycles. The summed E-state index contributed by atoms with van der Waals surface area (Å²) in [6.07, 6.45) is 0.757. The molecular weight excluding hydrogens is 501 g/mol. The van der Waals surface area contributed by atoms with Crippen molar-refractivity contribution in [2.75, 3.05) is 18.9 Å². The van der Waals surface area contributed by atoms with Gasteiger partial charge in [-0.05, 0) is 61.5 Å². The molecule has 0 unspecified atom stereocenters. The number of ether oxygens (including phenoxy) is 1. The molecule has 39 heavy (non-hydrogen) atoms. The number of alkyl carbamates (subject to hydrolysis) is 1. The standard InChI is InChI=1S/C30H31BF2N2O4/c1-29(2)30(3,4)39-31(38-29)19(13-18-14-26(33)27(34)15-25(18)32)16-35-28(36)37-17-24-22-11-7-5-9-20(22)21-10-6-8-12-23(21)24/h5-15,24H,16-17,34H2,1-4H3,(H,35,36). The van der Waals surface area contributed by atoms with Gasteiger partial charge in [-0.25, -0.2) is 13.6 Å². The van der Waals surface area contributed by atoms with Crippen LogP contribution in [0.2, 0.25) is 0 Å². The van der Waals surface area contributed by atoms with E-state index >= 15 is 0 Å². The molecule has 2 aliphatic rings. The molecule has 3 N–H and O–H groups in total. The van der Waals surface area contributed by atoms with Crippen molar-refractivity contribution in [2.45, 2.75) is 44.8 Å². The van der Waals surface area contributed by atoms with Crippen molar-refractivity contribution < 1.29 is 27.6 Å². The lowest BCUT2D eigenvalue weighted by atomic mass is 9.77. The number of anilines is 1. The molecule has 1 aliphatic heterocycles. The van der Waals surface area contributed by atoms with E-state index in [0.717, 1.165) is 34.4 Å². The van der Waals surface area contributed by atoms with Gasteiger partial charge in [0.05, 0.1) is 16.9 Å². The van der Waals surface area contributed by atoms with Crippen LogP contribution < -0.4 is 11.1 Å². The third kappa shape index (κ3) is 5.16. The molecule has 9 heteroatoms. The maximum absolute atomic E-state index is 14.6. The minimum absolute atomic E-state index is 0.0410. The van der Waals surface area contributed by atoms with E-state index < -0.39 is 36.0 Å². The smallest absolute Gasteiger partial charge is 0.449 e. The van der Waals surface area contributed by atoms with Crippen LogP contribution in [-0.4, -0.2) is 37.6 Å². The van der Waals surface area contributed by atoms with Crippen molar-refractivity contribution in [1.82, 2.24) is 5.32 Å². The topological polar surface area (TPSA) is 82.8 Å². The van der Waals surface area contributed by atoms with Crippen molar-refractivity contribution in [3.63, 3.8) is 0 Å². The molecule has 0 saturated carbocycles. The van der Waals surface area contributed by atoms with Gasteiger partial charge in [-0.2, -0.15) is 0 Å². The van der Waals surface area contributed by atoms with Crippen LogP contribution in [0.15, 0.2) is 66.1 Å². The van der Waals surface area contributed by atoms with Gasteiger partial charge in [0.25, 0.3) is 0 Å². The van der Waals surface area contributed by atoms with Crippen LogP contribution in [0.4, 0.5) is 19.3 Å². The molecule has 1 heterocycles. The molecule has 0 bridgehead atoms. The van der Waals surface area contributed by atoms with Gasteiger partial charge in [0, 0.05) is 24.1 Å². The Balaban J connectivity index is 1.33. The summed E-state index contributed by atoms with van der Waals surface area (Å²) in [6.45, 7) is 7.60. The van der Waals surface area contributed by atoms with Gasteiger partial charge < -0.3 is 25.1 Å². The fraction of sp³-hybridized carbons (Fsp3) is 0.300. The average Bonchev–Trinajstić information content (AvgIpc) is 3.32. The number of nitrogens with two attached hydrogens (primary N) is 1. The number of carbonyl (C=O) groups is 1. The molecule has 1 aliphatic carbocycles. The normalized spacial score (nSPS) is 17.6. The maximum atomic E-state index is 14.6. The monoisotopic (exact) mass is 532 g/mol. The van der Waals surface area contributed by atoms with Crippen molar-refractivity contribution in [3.05, 3.63) is 94.5 Å². The predicted octanol–water partition coefficient (Wildman–Crippen LogP) is 6.10. The third-order valence-electron chi connectivity index (χ3n) is 7.79. The van der Waals surface area contributed by atoms with Crippen molar-refractivity contribution in [1.29, 1.82) is 0 Å². The highest BCUT2D eigenvalue weighted by atomic mass is 19.1. The SMILES string of the molecule is CC1(C)OB(C(=Cc2cc(F)c(N)cc2F)CNC(=O)OCC2c3ccccc3-c3ccccc32)OC1(C)C. The molecule has 6 nitrogen and oxygen atoms in total. The third-order valence-corrected chi connectivity index (χ3v) is 7.79. The molecule has 3 aromatic rings. The van der Waals surface area contributed by atoms with Crippen LogP contribution in [0.3, 0.4) is 0 Å². The van der Waals surface area contributed by atoms with Crippen LogP contribution in [0.1, 0.15) is 50.3 Å². The number of fused-ring (bicyclic) bond motifs is 3. The zero-order valence-electron chi connectivity index (χ0n) is 22.4. The Morgan fingerprint density at radius 2 is 1.54 bits per heavy atom. The lowest BCUT2D eigenvalue weighted by Crippen LogP contribution is -2.41. The molecule has 0 atom stereocenters. The number of rotatable bonds is 6. The fourth-order valence-electron chi connectivity index (χ4n) is 4.91. The molecule has 202 valence electrons. The summed E-state index contributed by atoms with van der Waals surface area (Å²) < 4.78 is 46.6. The van der Waals surface area contributed by atoms with Crippen LogP contribution >= 0.6 is 0 Å². The van der Waals surface area contributed by atoms with Crippen molar-refractivity contribution in [3.8, 4) is 11.1 Å². The second-order valence-corrected chi connectivity index (χ2v) is 10.9. The highest BCUT2D eigenvalue weighted by molar-refractivity contribution is 6.56. The van der Waals surface area contributed by atoms with Gasteiger partial charge in [0.15, 0.2) is 0 Å². The Labute approximate surface area is 227 Å². The number of carbonyl (C=O) groups excluding carboxylic acids is 1. The zero-order valence-corrected chi connectivity index (χ0v) is 22.4. The van der Waals surface area contributed by atoms with Gasteiger partial charge in [-0.1, -0.05) is 54.6 Å². The highest BCUT2D eigenvalue weighted by Crippen LogP contribution is 2.44. The Morgan fingerprint density at radius 3 is 2.13 bits per heavy atom. The van der Waals surface area contributed by atoms with E-state index in [4.69, 9.17) is 19.8 Å². The summed E-state index contributed by atoms with van der Waals surface area (Å²) in [4.78, 5) is 12.8. The lowest BCUT2D eigenvalue weighted by molar-refractivity contribution is 0.00578. The van der Waals surface area contributed by atoms with E-state index in [-0.39, 0.29) is 30.3 Å². The number of amides is 1. The van der Waals surface area contributed by atoms with E-state index in [2.05, 4.69) is 17.4 Å².